The zero-order chi connectivity index (χ0) is 14.1. The number of hydrogen-bond acceptors (Lipinski definition) is 3. The Labute approximate surface area is 119 Å². The van der Waals surface area contributed by atoms with Gasteiger partial charge in [-0.05, 0) is 43.9 Å². The second kappa shape index (κ2) is 5.44. The summed E-state index contributed by atoms with van der Waals surface area (Å²) in [5.74, 6) is 1.15. The van der Waals surface area contributed by atoms with Crippen molar-refractivity contribution in [1.82, 2.24) is 10.6 Å². The van der Waals surface area contributed by atoms with Crippen molar-refractivity contribution in [2.75, 3.05) is 7.11 Å². The molecular weight excluding hydrogens is 252 g/mol. The number of carbonyl (C=O) groups excluding carboxylic acids is 1. The van der Waals surface area contributed by atoms with Crippen LogP contribution >= 0.6 is 0 Å². The van der Waals surface area contributed by atoms with Crippen molar-refractivity contribution in [2.24, 2.45) is 5.92 Å². The van der Waals surface area contributed by atoms with Gasteiger partial charge in [0.15, 0.2) is 0 Å². The summed E-state index contributed by atoms with van der Waals surface area (Å²) >= 11 is 0. The van der Waals surface area contributed by atoms with Crippen molar-refractivity contribution in [3.8, 4) is 5.75 Å². The molecule has 1 aromatic carbocycles. The highest BCUT2D eigenvalue weighted by atomic mass is 16.5. The Balaban J connectivity index is 1.63. The van der Waals surface area contributed by atoms with E-state index in [2.05, 4.69) is 10.6 Å². The van der Waals surface area contributed by atoms with Gasteiger partial charge < -0.3 is 15.4 Å². The van der Waals surface area contributed by atoms with E-state index < -0.39 is 0 Å². The summed E-state index contributed by atoms with van der Waals surface area (Å²) in [4.78, 5) is 12.4. The van der Waals surface area contributed by atoms with Crippen LogP contribution < -0.4 is 15.4 Å². The smallest absolute Gasteiger partial charge is 0.225 e. The summed E-state index contributed by atoms with van der Waals surface area (Å²) in [6.45, 7) is 2.02. The standard InChI is InChI=1S/C16H22N2O2/c1-10(11-4-3-5-13(8-11)20-2)17-16(19)14-9-12-6-7-15(14)18-12/h3-5,8,10,12,14-15,18H,6-7,9H2,1-2H3,(H,17,19). The van der Waals surface area contributed by atoms with Crippen LogP contribution in [0.15, 0.2) is 24.3 Å². The first kappa shape index (κ1) is 13.4. The molecule has 2 aliphatic rings. The minimum Gasteiger partial charge on any atom is -0.497 e. The molecule has 4 atom stereocenters. The highest BCUT2D eigenvalue weighted by Gasteiger charge is 2.42. The van der Waals surface area contributed by atoms with Crippen LogP contribution in [-0.2, 0) is 4.79 Å². The second-order valence-corrected chi connectivity index (χ2v) is 5.90. The van der Waals surface area contributed by atoms with E-state index in [0.717, 1.165) is 24.2 Å². The molecule has 1 amide bonds. The highest BCUT2D eigenvalue weighted by Crippen LogP contribution is 2.33. The van der Waals surface area contributed by atoms with Crippen molar-refractivity contribution < 1.29 is 9.53 Å². The van der Waals surface area contributed by atoms with Gasteiger partial charge in [0.25, 0.3) is 0 Å². The number of benzene rings is 1. The molecule has 0 aromatic heterocycles. The Bertz CT molecular complexity index is 503. The number of fused-ring (bicyclic) bond motifs is 2. The predicted molar refractivity (Wildman–Crippen MR) is 77.6 cm³/mol. The Morgan fingerprint density at radius 3 is 2.95 bits per heavy atom. The maximum absolute atomic E-state index is 12.4. The first-order chi connectivity index (χ1) is 9.67. The number of carbonyl (C=O) groups is 1. The van der Waals surface area contributed by atoms with Gasteiger partial charge in [-0.1, -0.05) is 12.1 Å². The third-order valence-electron chi connectivity index (χ3n) is 4.59. The minimum atomic E-state index is 0.0109. The molecule has 4 nitrogen and oxygen atoms in total. The van der Waals surface area contributed by atoms with Gasteiger partial charge in [0, 0.05) is 12.1 Å². The van der Waals surface area contributed by atoms with E-state index in [1.807, 2.05) is 31.2 Å². The summed E-state index contributed by atoms with van der Waals surface area (Å²) in [5, 5.41) is 6.65. The molecule has 0 spiro atoms. The van der Waals surface area contributed by atoms with E-state index in [0.29, 0.717) is 12.1 Å². The van der Waals surface area contributed by atoms with Crippen LogP contribution in [0.2, 0.25) is 0 Å². The monoisotopic (exact) mass is 274 g/mol. The lowest BCUT2D eigenvalue weighted by atomic mass is 9.88. The number of methoxy groups -OCH3 is 1. The fraction of sp³-hybridized carbons (Fsp3) is 0.562. The third-order valence-corrected chi connectivity index (χ3v) is 4.59. The van der Waals surface area contributed by atoms with Crippen LogP contribution in [0.3, 0.4) is 0 Å². The molecule has 0 radical (unpaired) electrons. The fourth-order valence-electron chi connectivity index (χ4n) is 3.43. The molecule has 20 heavy (non-hydrogen) atoms. The molecule has 108 valence electrons. The average Bonchev–Trinajstić information content (AvgIpc) is 3.10. The van der Waals surface area contributed by atoms with E-state index in [9.17, 15) is 4.79 Å². The third kappa shape index (κ3) is 2.52. The summed E-state index contributed by atoms with van der Waals surface area (Å²) in [5.41, 5.74) is 1.08. The van der Waals surface area contributed by atoms with Crippen molar-refractivity contribution in [1.29, 1.82) is 0 Å². The lowest BCUT2D eigenvalue weighted by molar-refractivity contribution is -0.126. The van der Waals surface area contributed by atoms with Crippen LogP contribution in [0, 0.1) is 5.92 Å². The van der Waals surface area contributed by atoms with E-state index in [1.54, 1.807) is 7.11 Å². The van der Waals surface area contributed by atoms with Gasteiger partial charge in [-0.25, -0.2) is 0 Å². The average molecular weight is 274 g/mol. The number of amides is 1. The summed E-state index contributed by atoms with van der Waals surface area (Å²) in [6.07, 6.45) is 3.34. The van der Waals surface area contributed by atoms with Crippen LogP contribution in [0.25, 0.3) is 0 Å². The van der Waals surface area contributed by atoms with Crippen molar-refractivity contribution in [3.05, 3.63) is 29.8 Å². The minimum absolute atomic E-state index is 0.0109. The first-order valence-electron chi connectivity index (χ1n) is 7.37. The zero-order valence-corrected chi connectivity index (χ0v) is 12.1. The summed E-state index contributed by atoms with van der Waals surface area (Å²) in [7, 11) is 1.66. The first-order valence-corrected chi connectivity index (χ1v) is 7.37. The molecule has 2 fully saturated rings. The van der Waals surface area contributed by atoms with Gasteiger partial charge in [-0.2, -0.15) is 0 Å². The van der Waals surface area contributed by atoms with Crippen LogP contribution in [0.4, 0.5) is 0 Å². The molecule has 2 aliphatic heterocycles. The Morgan fingerprint density at radius 2 is 2.30 bits per heavy atom. The van der Waals surface area contributed by atoms with Gasteiger partial charge in [-0.15, -0.1) is 0 Å². The summed E-state index contributed by atoms with van der Waals surface area (Å²) < 4.78 is 5.23. The Morgan fingerprint density at radius 1 is 1.45 bits per heavy atom. The molecule has 0 saturated carbocycles. The highest BCUT2D eigenvalue weighted by molar-refractivity contribution is 5.80. The zero-order valence-electron chi connectivity index (χ0n) is 12.1. The van der Waals surface area contributed by atoms with Gasteiger partial charge in [0.2, 0.25) is 5.91 Å². The summed E-state index contributed by atoms with van der Waals surface area (Å²) in [6, 6.07) is 8.82. The molecule has 4 unspecified atom stereocenters. The van der Waals surface area contributed by atoms with Gasteiger partial charge in [0.1, 0.15) is 5.75 Å². The van der Waals surface area contributed by atoms with E-state index in [-0.39, 0.29) is 17.9 Å². The van der Waals surface area contributed by atoms with Crippen LogP contribution in [-0.4, -0.2) is 25.1 Å². The maximum Gasteiger partial charge on any atom is 0.225 e. The Hall–Kier alpha value is -1.55. The van der Waals surface area contributed by atoms with Crippen molar-refractivity contribution >= 4 is 5.91 Å². The molecule has 2 bridgehead atoms. The molecule has 3 rings (SSSR count). The Kier molecular flexibility index (Phi) is 3.66. The number of rotatable bonds is 4. The molecule has 4 heteroatoms. The largest absolute Gasteiger partial charge is 0.497 e. The second-order valence-electron chi connectivity index (χ2n) is 5.90. The molecule has 2 saturated heterocycles. The van der Waals surface area contributed by atoms with E-state index >= 15 is 0 Å². The van der Waals surface area contributed by atoms with E-state index in [1.165, 1.54) is 6.42 Å². The quantitative estimate of drug-likeness (QED) is 0.883. The van der Waals surface area contributed by atoms with Crippen molar-refractivity contribution in [2.45, 2.75) is 44.3 Å². The van der Waals surface area contributed by atoms with Crippen molar-refractivity contribution in [3.63, 3.8) is 0 Å². The van der Waals surface area contributed by atoms with Crippen LogP contribution in [0.1, 0.15) is 37.8 Å². The number of nitrogens with one attached hydrogen (secondary N) is 2. The molecule has 0 aliphatic carbocycles. The normalized spacial score (nSPS) is 29.2. The molecular formula is C16H22N2O2. The van der Waals surface area contributed by atoms with Crippen LogP contribution in [0.5, 0.6) is 5.75 Å². The predicted octanol–water partition coefficient (Wildman–Crippen LogP) is 2.01. The molecule has 2 heterocycles. The maximum atomic E-state index is 12.4. The number of ether oxygens (including phenoxy) is 1. The number of hydrogen-bond donors (Lipinski definition) is 2. The lowest BCUT2D eigenvalue weighted by Crippen LogP contribution is -2.38. The fourth-order valence-corrected chi connectivity index (χ4v) is 3.43. The van der Waals surface area contributed by atoms with Gasteiger partial charge in [-0.3, -0.25) is 4.79 Å². The SMILES string of the molecule is COc1cccc(C(C)NC(=O)C2CC3CCC2N3)c1. The lowest BCUT2D eigenvalue weighted by Gasteiger charge is -2.22. The van der Waals surface area contributed by atoms with Gasteiger partial charge >= 0.3 is 0 Å². The molecule has 1 aromatic rings. The van der Waals surface area contributed by atoms with E-state index in [4.69, 9.17) is 4.74 Å². The van der Waals surface area contributed by atoms with Gasteiger partial charge in [0.05, 0.1) is 19.1 Å². The topological polar surface area (TPSA) is 50.4 Å². The molecule has 2 N–H and O–H groups in total.